The number of allylic oxidation sites excluding steroid dienone is 1. The van der Waals surface area contributed by atoms with Gasteiger partial charge in [0.15, 0.2) is 0 Å². The van der Waals surface area contributed by atoms with E-state index in [0.717, 1.165) is 42.7 Å². The number of hydroxylamine groups is 1. The highest BCUT2D eigenvalue weighted by atomic mass is 32.1. The molecule has 2 heterocycles. The van der Waals surface area contributed by atoms with Gasteiger partial charge in [0.05, 0.1) is 22.4 Å². The topological polar surface area (TPSA) is 133 Å². The number of H-pyrrole nitrogens is 1. The lowest BCUT2D eigenvalue weighted by Crippen LogP contribution is -2.56. The van der Waals surface area contributed by atoms with Gasteiger partial charge in [-0.1, -0.05) is 61.5 Å². The van der Waals surface area contributed by atoms with Gasteiger partial charge < -0.3 is 20.5 Å². The summed E-state index contributed by atoms with van der Waals surface area (Å²) in [5, 5.41) is 6.13. The largest absolute Gasteiger partial charge is 0.376 e. The van der Waals surface area contributed by atoms with E-state index in [1.54, 1.807) is 11.0 Å². The average Bonchev–Trinajstić information content (AvgIpc) is 3.33. The SMILES string of the molecule is CCCCC/C=C\[C@@H]1C[C@]1(NC(=O)[C@@H]1CCCN1C(=O)CNc1ccccc1)C(=O)NOC(C)(C)C.O=c1[nH]c2ccc(F)cc2s1.[HH].[HH].[HH]. The Morgan fingerprint density at radius 2 is 1.94 bits per heavy atom. The highest BCUT2D eigenvalue weighted by Gasteiger charge is 2.61. The molecule has 0 radical (unpaired) electrons. The Labute approximate surface area is 283 Å². The van der Waals surface area contributed by atoms with Crippen molar-refractivity contribution in [2.45, 2.75) is 89.8 Å². The van der Waals surface area contributed by atoms with Crippen LogP contribution in [0.5, 0.6) is 0 Å². The molecule has 0 bridgehead atoms. The van der Waals surface area contributed by atoms with E-state index in [1.165, 1.54) is 18.6 Å². The zero-order valence-corrected chi connectivity index (χ0v) is 28.4. The van der Waals surface area contributed by atoms with Crippen LogP contribution in [0.25, 0.3) is 10.2 Å². The lowest BCUT2D eigenvalue weighted by atomic mass is 10.1. The first-order chi connectivity index (χ1) is 22.4. The van der Waals surface area contributed by atoms with E-state index in [9.17, 15) is 23.6 Å². The molecule has 1 aliphatic heterocycles. The molecule has 47 heavy (non-hydrogen) atoms. The van der Waals surface area contributed by atoms with Crippen molar-refractivity contribution in [3.05, 3.63) is 76.2 Å². The summed E-state index contributed by atoms with van der Waals surface area (Å²) >= 11 is 1.02. The summed E-state index contributed by atoms with van der Waals surface area (Å²) in [6.07, 6.45) is 10.4. The normalized spacial score (nSPS) is 20.5. The van der Waals surface area contributed by atoms with Crippen molar-refractivity contribution in [3.63, 3.8) is 0 Å². The number of unbranched alkanes of at least 4 members (excludes halogenated alkanes) is 3. The van der Waals surface area contributed by atoms with Crippen molar-refractivity contribution < 1.29 is 27.9 Å². The molecule has 10 nitrogen and oxygen atoms in total. The van der Waals surface area contributed by atoms with E-state index < -0.39 is 17.2 Å². The number of thiazole rings is 1. The number of hydrogen-bond donors (Lipinski definition) is 4. The third-order valence-corrected chi connectivity index (χ3v) is 8.88. The van der Waals surface area contributed by atoms with Crippen LogP contribution in [0.2, 0.25) is 0 Å². The van der Waals surface area contributed by atoms with Gasteiger partial charge in [0.25, 0.3) is 5.91 Å². The maximum absolute atomic E-state index is 13.4. The molecule has 1 aliphatic carbocycles. The molecule has 5 rings (SSSR count). The van der Waals surface area contributed by atoms with Crippen LogP contribution in [0.15, 0.2) is 65.5 Å². The number of nitrogens with one attached hydrogen (secondary N) is 4. The lowest BCUT2D eigenvalue weighted by Gasteiger charge is -2.28. The number of aromatic amines is 1. The first-order valence-electron chi connectivity index (χ1n) is 16.3. The summed E-state index contributed by atoms with van der Waals surface area (Å²) < 4.78 is 13.2. The molecule has 0 spiro atoms. The Morgan fingerprint density at radius 3 is 2.66 bits per heavy atom. The van der Waals surface area contributed by atoms with Gasteiger partial charge in [0, 0.05) is 22.4 Å². The fourth-order valence-electron chi connectivity index (χ4n) is 5.44. The zero-order valence-electron chi connectivity index (χ0n) is 27.6. The number of anilines is 1. The Kier molecular flexibility index (Phi) is 12.3. The van der Waals surface area contributed by atoms with Crippen molar-refractivity contribution >= 4 is 45.0 Å². The van der Waals surface area contributed by atoms with Crippen LogP contribution in [0.1, 0.15) is 76.9 Å². The van der Waals surface area contributed by atoms with Crippen LogP contribution in [-0.4, -0.2) is 57.9 Å². The smallest absolute Gasteiger partial charge is 0.305 e. The van der Waals surface area contributed by atoms with E-state index in [4.69, 9.17) is 4.84 Å². The van der Waals surface area contributed by atoms with E-state index in [-0.39, 0.29) is 45.2 Å². The highest BCUT2D eigenvalue weighted by molar-refractivity contribution is 7.16. The van der Waals surface area contributed by atoms with Crippen molar-refractivity contribution in [2.24, 2.45) is 5.92 Å². The summed E-state index contributed by atoms with van der Waals surface area (Å²) in [6, 6.07) is 13.1. The fourth-order valence-corrected chi connectivity index (χ4v) is 6.20. The molecule has 2 aliphatic rings. The Balaban J connectivity index is 0.000000755. The number of halogens is 1. The minimum absolute atomic E-state index is 0. The molecule has 3 atom stereocenters. The molecule has 1 saturated carbocycles. The standard InChI is InChI=1S/C28H42N4O4.C7H4FNOS.3H2/c1-5-6-7-8-10-14-21-19-28(21,26(35)31-36-27(2,3)4)30-25(34)23-17-13-18-32(23)24(33)20-29-22-15-11-9-12-16-22;8-4-1-2-5-6(3-4)11-7(10)9-5;;;/h9-12,14-16,21,23,29H,5-8,13,17-20H2,1-4H3,(H,30,34)(H,31,35);1-3H,(H,9,10);3*1H/b14-10-;;;;/t21-,23+,28-;;;;/m1..../s1. The summed E-state index contributed by atoms with van der Waals surface area (Å²) in [6.45, 7) is 8.36. The Hall–Kier alpha value is -4.03. The van der Waals surface area contributed by atoms with Crippen LogP contribution >= 0.6 is 11.3 Å². The minimum Gasteiger partial charge on any atom is -0.376 e. The van der Waals surface area contributed by atoms with Gasteiger partial charge in [-0.3, -0.25) is 24.0 Å². The molecule has 1 aromatic heterocycles. The number of amides is 3. The molecule has 2 fully saturated rings. The zero-order chi connectivity index (χ0) is 34.0. The quantitative estimate of drug-likeness (QED) is 0.0998. The molecule has 4 N–H and O–H groups in total. The molecular weight excluding hydrogens is 621 g/mol. The summed E-state index contributed by atoms with van der Waals surface area (Å²) in [5.74, 6) is -1.18. The number of hydrogen-bond acceptors (Lipinski definition) is 7. The molecule has 260 valence electrons. The van der Waals surface area contributed by atoms with Gasteiger partial charge in [-0.05, 0) is 83.2 Å². The van der Waals surface area contributed by atoms with Gasteiger partial charge in [-0.25, -0.2) is 9.87 Å². The van der Waals surface area contributed by atoms with Crippen LogP contribution in [-0.2, 0) is 19.2 Å². The van der Waals surface area contributed by atoms with Crippen molar-refractivity contribution in [1.29, 1.82) is 0 Å². The predicted molar refractivity (Wildman–Crippen MR) is 190 cm³/mol. The van der Waals surface area contributed by atoms with E-state index in [0.29, 0.717) is 29.6 Å². The lowest BCUT2D eigenvalue weighted by molar-refractivity contribution is -0.151. The number of carbonyl (C=O) groups is 3. The van der Waals surface area contributed by atoms with Crippen LogP contribution in [0.3, 0.4) is 0 Å². The molecule has 3 aromatic rings. The Bertz CT molecular complexity index is 1620. The monoisotopic (exact) mass is 673 g/mol. The molecule has 2 aromatic carbocycles. The summed E-state index contributed by atoms with van der Waals surface area (Å²) in [4.78, 5) is 59.8. The van der Waals surface area contributed by atoms with Gasteiger partial charge >= 0.3 is 4.87 Å². The summed E-state index contributed by atoms with van der Waals surface area (Å²) in [5.41, 5.74) is 2.50. The number of likely N-dealkylation sites (tertiary alicyclic amines) is 1. The van der Waals surface area contributed by atoms with Crippen molar-refractivity contribution in [3.8, 4) is 0 Å². The third kappa shape index (κ3) is 10.2. The molecular formula is C35H52FN5O5S. The second-order valence-electron chi connectivity index (χ2n) is 13.0. The molecule has 1 saturated heterocycles. The van der Waals surface area contributed by atoms with E-state index in [2.05, 4.69) is 34.1 Å². The Morgan fingerprint density at radius 1 is 1.17 bits per heavy atom. The fraction of sp³-hybridized carbons (Fsp3) is 0.486. The first-order valence-corrected chi connectivity index (χ1v) is 17.1. The van der Waals surface area contributed by atoms with Crippen LogP contribution in [0, 0.1) is 11.7 Å². The number of benzene rings is 2. The average molecular weight is 674 g/mol. The molecule has 0 unspecified atom stereocenters. The maximum atomic E-state index is 13.4. The third-order valence-electron chi connectivity index (χ3n) is 8.04. The number of para-hydroxylation sites is 1. The van der Waals surface area contributed by atoms with E-state index >= 15 is 0 Å². The first kappa shape index (κ1) is 35.8. The van der Waals surface area contributed by atoms with Gasteiger partial charge in [0.2, 0.25) is 11.8 Å². The van der Waals surface area contributed by atoms with Crippen molar-refractivity contribution in [2.75, 3.05) is 18.4 Å². The van der Waals surface area contributed by atoms with Gasteiger partial charge in [-0.2, -0.15) is 0 Å². The number of fused-ring (bicyclic) bond motifs is 1. The van der Waals surface area contributed by atoms with Gasteiger partial charge in [0.1, 0.15) is 17.4 Å². The van der Waals surface area contributed by atoms with Crippen molar-refractivity contribution in [1.82, 2.24) is 20.7 Å². The predicted octanol–water partition coefficient (Wildman–Crippen LogP) is 6.41. The number of rotatable bonds is 12. The summed E-state index contributed by atoms with van der Waals surface area (Å²) in [7, 11) is 0. The number of aromatic nitrogens is 1. The van der Waals surface area contributed by atoms with Crippen LogP contribution in [0.4, 0.5) is 10.1 Å². The molecule has 3 amide bonds. The number of nitrogens with zero attached hydrogens (tertiary/aromatic N) is 1. The molecule has 12 heteroatoms. The maximum Gasteiger partial charge on any atom is 0.305 e. The van der Waals surface area contributed by atoms with E-state index in [1.807, 2.05) is 57.2 Å². The minimum atomic E-state index is -1.05. The van der Waals surface area contributed by atoms with Crippen LogP contribution < -0.4 is 21.0 Å². The highest BCUT2D eigenvalue weighted by Crippen LogP contribution is 2.45. The second-order valence-corrected chi connectivity index (χ2v) is 14.0. The van der Waals surface area contributed by atoms with Gasteiger partial charge in [-0.15, -0.1) is 0 Å². The number of carbonyl (C=O) groups excluding carboxylic acids is 3. The second kappa shape index (κ2) is 16.2.